The van der Waals surface area contributed by atoms with E-state index >= 15 is 0 Å². The van der Waals surface area contributed by atoms with Crippen LogP contribution in [0, 0.1) is 0 Å². The molecule has 0 saturated carbocycles. The van der Waals surface area contributed by atoms with Gasteiger partial charge in [0.2, 0.25) is 5.91 Å². The number of likely N-dealkylation sites (tertiary alicyclic amines) is 1. The van der Waals surface area contributed by atoms with Crippen molar-refractivity contribution in [1.82, 2.24) is 20.4 Å². The molecule has 0 aromatic rings. The van der Waals surface area contributed by atoms with Crippen LogP contribution in [0.2, 0.25) is 0 Å². The van der Waals surface area contributed by atoms with Gasteiger partial charge in [0.15, 0.2) is 5.96 Å². The summed E-state index contributed by atoms with van der Waals surface area (Å²) in [5, 5.41) is 6.61. The highest BCUT2D eigenvalue weighted by Gasteiger charge is 2.30. The van der Waals surface area contributed by atoms with Crippen molar-refractivity contribution in [3.63, 3.8) is 0 Å². The standard InChI is InChI=1S/C18H37N5O3/c1-19-18(21-10-7-13-26-15-14-25-4)20-9-6-12-23-11-5-8-16(23)17(24)22(2)3/h16H,5-15H2,1-4H3,(H2,19,20,21). The number of methoxy groups -OCH3 is 1. The molecule has 1 unspecified atom stereocenters. The lowest BCUT2D eigenvalue weighted by Crippen LogP contribution is -2.44. The molecule has 1 heterocycles. The maximum atomic E-state index is 12.2. The van der Waals surface area contributed by atoms with Gasteiger partial charge < -0.3 is 25.0 Å². The van der Waals surface area contributed by atoms with E-state index in [9.17, 15) is 4.79 Å². The molecule has 2 N–H and O–H groups in total. The Hall–Kier alpha value is -1.38. The maximum absolute atomic E-state index is 12.2. The Balaban J connectivity index is 2.12. The fraction of sp³-hybridized carbons (Fsp3) is 0.889. The minimum Gasteiger partial charge on any atom is -0.382 e. The van der Waals surface area contributed by atoms with Crippen molar-refractivity contribution in [2.75, 3.05) is 74.3 Å². The summed E-state index contributed by atoms with van der Waals surface area (Å²) in [7, 11) is 7.11. The third-order valence-corrected chi connectivity index (χ3v) is 4.42. The van der Waals surface area contributed by atoms with Crippen molar-refractivity contribution in [1.29, 1.82) is 0 Å². The predicted molar refractivity (Wildman–Crippen MR) is 105 cm³/mol. The number of nitrogens with one attached hydrogen (secondary N) is 2. The molecule has 1 aliphatic rings. The number of carbonyl (C=O) groups excluding carboxylic acids is 1. The quantitative estimate of drug-likeness (QED) is 0.289. The number of hydrogen-bond donors (Lipinski definition) is 2. The van der Waals surface area contributed by atoms with Gasteiger partial charge in [-0.3, -0.25) is 14.7 Å². The van der Waals surface area contributed by atoms with Crippen molar-refractivity contribution >= 4 is 11.9 Å². The van der Waals surface area contributed by atoms with Crippen molar-refractivity contribution in [2.24, 2.45) is 4.99 Å². The highest BCUT2D eigenvalue weighted by molar-refractivity contribution is 5.81. The summed E-state index contributed by atoms with van der Waals surface area (Å²) in [6.07, 6.45) is 3.98. The van der Waals surface area contributed by atoms with Gasteiger partial charge in [-0.05, 0) is 32.2 Å². The van der Waals surface area contributed by atoms with Crippen LogP contribution < -0.4 is 10.6 Å². The summed E-state index contributed by atoms with van der Waals surface area (Å²) in [4.78, 5) is 20.4. The van der Waals surface area contributed by atoms with E-state index in [2.05, 4.69) is 20.5 Å². The van der Waals surface area contributed by atoms with Crippen LogP contribution in [0.1, 0.15) is 25.7 Å². The first kappa shape index (κ1) is 22.7. The lowest BCUT2D eigenvalue weighted by atomic mass is 10.2. The van der Waals surface area contributed by atoms with Crippen LogP contribution in [0.3, 0.4) is 0 Å². The molecule has 0 spiro atoms. The molecular formula is C18H37N5O3. The zero-order valence-corrected chi connectivity index (χ0v) is 16.9. The predicted octanol–water partition coefficient (Wildman–Crippen LogP) is 0.147. The normalized spacial score (nSPS) is 18.2. The van der Waals surface area contributed by atoms with E-state index in [0.29, 0.717) is 19.8 Å². The van der Waals surface area contributed by atoms with Crippen LogP contribution in [-0.4, -0.2) is 102 Å². The number of amides is 1. The van der Waals surface area contributed by atoms with Gasteiger partial charge in [0, 0.05) is 54.5 Å². The Kier molecular flexibility index (Phi) is 12.0. The zero-order chi connectivity index (χ0) is 19.2. The average molecular weight is 372 g/mol. The number of likely N-dealkylation sites (N-methyl/N-ethyl adjacent to an activating group) is 1. The van der Waals surface area contributed by atoms with Gasteiger partial charge in [0.05, 0.1) is 19.3 Å². The number of carbonyl (C=O) groups is 1. The molecule has 1 fully saturated rings. The van der Waals surface area contributed by atoms with Gasteiger partial charge in [-0.1, -0.05) is 0 Å². The Bertz CT molecular complexity index is 418. The van der Waals surface area contributed by atoms with Gasteiger partial charge in [0.1, 0.15) is 0 Å². The maximum Gasteiger partial charge on any atom is 0.239 e. The van der Waals surface area contributed by atoms with Gasteiger partial charge in [-0.15, -0.1) is 0 Å². The van der Waals surface area contributed by atoms with Gasteiger partial charge in [0.25, 0.3) is 0 Å². The molecule has 1 atom stereocenters. The lowest BCUT2D eigenvalue weighted by Gasteiger charge is -2.26. The fourth-order valence-corrected chi connectivity index (χ4v) is 3.01. The smallest absolute Gasteiger partial charge is 0.239 e. The van der Waals surface area contributed by atoms with Gasteiger partial charge in [-0.25, -0.2) is 0 Å². The van der Waals surface area contributed by atoms with Crippen LogP contribution in [0.4, 0.5) is 0 Å². The molecular weight excluding hydrogens is 334 g/mol. The topological polar surface area (TPSA) is 78.4 Å². The van der Waals surface area contributed by atoms with E-state index in [-0.39, 0.29) is 11.9 Å². The summed E-state index contributed by atoms with van der Waals surface area (Å²) in [6, 6.07) is 0.0561. The number of hydrogen-bond acceptors (Lipinski definition) is 5. The molecule has 152 valence electrons. The third-order valence-electron chi connectivity index (χ3n) is 4.42. The van der Waals surface area contributed by atoms with Crippen LogP contribution in [0.15, 0.2) is 4.99 Å². The second kappa shape index (κ2) is 13.8. The molecule has 26 heavy (non-hydrogen) atoms. The second-order valence-electron chi connectivity index (χ2n) is 6.66. The highest BCUT2D eigenvalue weighted by atomic mass is 16.5. The summed E-state index contributed by atoms with van der Waals surface area (Å²) < 4.78 is 10.4. The Morgan fingerprint density at radius 3 is 2.58 bits per heavy atom. The molecule has 1 rings (SSSR count). The van der Waals surface area contributed by atoms with Crippen molar-refractivity contribution in [3.8, 4) is 0 Å². The van der Waals surface area contributed by atoms with Crippen molar-refractivity contribution in [3.05, 3.63) is 0 Å². The van der Waals surface area contributed by atoms with E-state index in [1.165, 1.54) is 0 Å². The van der Waals surface area contributed by atoms with Gasteiger partial charge in [-0.2, -0.15) is 0 Å². The monoisotopic (exact) mass is 371 g/mol. The molecule has 0 bridgehead atoms. The summed E-state index contributed by atoms with van der Waals surface area (Å²) >= 11 is 0. The minimum absolute atomic E-state index is 0.0561. The summed E-state index contributed by atoms with van der Waals surface area (Å²) in [5.41, 5.74) is 0. The molecule has 1 saturated heterocycles. The molecule has 0 radical (unpaired) electrons. The minimum atomic E-state index is 0.0561. The molecule has 0 aromatic carbocycles. The molecule has 8 heteroatoms. The van der Waals surface area contributed by atoms with Gasteiger partial charge >= 0.3 is 0 Å². The van der Waals surface area contributed by atoms with E-state index < -0.39 is 0 Å². The molecule has 0 aliphatic carbocycles. The highest BCUT2D eigenvalue weighted by Crippen LogP contribution is 2.18. The Morgan fingerprint density at radius 2 is 1.92 bits per heavy atom. The Morgan fingerprint density at radius 1 is 1.19 bits per heavy atom. The first-order valence-electron chi connectivity index (χ1n) is 9.56. The van der Waals surface area contributed by atoms with Crippen molar-refractivity contribution in [2.45, 2.75) is 31.7 Å². The first-order chi connectivity index (χ1) is 12.6. The van der Waals surface area contributed by atoms with E-state index in [0.717, 1.165) is 57.8 Å². The van der Waals surface area contributed by atoms with E-state index in [1.54, 1.807) is 19.1 Å². The number of aliphatic imine (C=N–C) groups is 1. The Labute approximate surface area is 158 Å². The van der Waals surface area contributed by atoms with Crippen molar-refractivity contribution < 1.29 is 14.3 Å². The fourth-order valence-electron chi connectivity index (χ4n) is 3.01. The average Bonchev–Trinajstić information content (AvgIpc) is 3.10. The zero-order valence-electron chi connectivity index (χ0n) is 16.9. The lowest BCUT2D eigenvalue weighted by molar-refractivity contribution is -0.133. The molecule has 1 amide bonds. The number of rotatable bonds is 12. The molecule has 8 nitrogen and oxygen atoms in total. The third kappa shape index (κ3) is 8.82. The largest absolute Gasteiger partial charge is 0.382 e. The van der Waals surface area contributed by atoms with Crippen LogP contribution in [-0.2, 0) is 14.3 Å². The van der Waals surface area contributed by atoms with Crippen LogP contribution >= 0.6 is 0 Å². The molecule has 0 aromatic heterocycles. The van der Waals surface area contributed by atoms with Crippen LogP contribution in [0.5, 0.6) is 0 Å². The van der Waals surface area contributed by atoms with E-state index in [4.69, 9.17) is 9.47 Å². The summed E-state index contributed by atoms with van der Waals surface area (Å²) in [5.74, 6) is 1.03. The molecule has 1 aliphatic heterocycles. The number of ether oxygens (including phenoxy) is 2. The summed E-state index contributed by atoms with van der Waals surface area (Å²) in [6.45, 7) is 5.58. The number of guanidine groups is 1. The van der Waals surface area contributed by atoms with E-state index in [1.807, 2.05) is 14.1 Å². The number of nitrogens with zero attached hydrogens (tertiary/aromatic N) is 3. The SMILES string of the molecule is CN=C(NCCCOCCOC)NCCCN1CCCC1C(=O)N(C)C. The second-order valence-corrected chi connectivity index (χ2v) is 6.66. The first-order valence-corrected chi connectivity index (χ1v) is 9.56. The van der Waals surface area contributed by atoms with Crippen LogP contribution in [0.25, 0.3) is 0 Å².